The van der Waals surface area contributed by atoms with Gasteiger partial charge in [-0.25, -0.2) is 4.79 Å². The van der Waals surface area contributed by atoms with Crippen molar-refractivity contribution < 1.29 is 14.3 Å². The van der Waals surface area contributed by atoms with Crippen molar-refractivity contribution in [3.63, 3.8) is 0 Å². The first-order valence-electron chi connectivity index (χ1n) is 7.08. The molecule has 3 aliphatic heterocycles. The summed E-state index contributed by atoms with van der Waals surface area (Å²) in [6.45, 7) is 6.51. The van der Waals surface area contributed by atoms with Crippen LogP contribution in [0, 0.1) is 0 Å². The highest BCUT2D eigenvalue weighted by atomic mass is 16.6. The van der Waals surface area contributed by atoms with Gasteiger partial charge in [0.25, 0.3) is 0 Å². The van der Waals surface area contributed by atoms with Crippen LogP contribution in [0.2, 0.25) is 0 Å². The summed E-state index contributed by atoms with van der Waals surface area (Å²) in [7, 11) is 0. The number of ether oxygens (including phenoxy) is 1. The van der Waals surface area contributed by atoms with Crippen molar-refractivity contribution in [1.82, 2.24) is 14.7 Å². The van der Waals surface area contributed by atoms with Crippen LogP contribution in [0.5, 0.6) is 0 Å². The van der Waals surface area contributed by atoms with E-state index < -0.39 is 0 Å². The maximum Gasteiger partial charge on any atom is 0.410 e. The summed E-state index contributed by atoms with van der Waals surface area (Å²) >= 11 is 0. The quantitative estimate of drug-likeness (QED) is 0.678. The second-order valence-electron chi connectivity index (χ2n) is 5.66. The lowest BCUT2D eigenvalue weighted by molar-refractivity contribution is -0.130. The molecule has 19 heavy (non-hydrogen) atoms. The van der Waals surface area contributed by atoms with Crippen LogP contribution in [0.25, 0.3) is 0 Å². The molecule has 106 valence electrons. The fourth-order valence-electron chi connectivity index (χ4n) is 3.39. The Hall–Kier alpha value is -1.30. The van der Waals surface area contributed by atoms with Crippen LogP contribution < -0.4 is 0 Å². The fourth-order valence-corrected chi connectivity index (χ4v) is 3.39. The third-order valence-electron chi connectivity index (χ3n) is 4.57. The lowest BCUT2D eigenvalue weighted by atomic mass is 10.0. The number of rotatable bonds is 1. The molecule has 0 saturated carbocycles. The molecule has 6 nitrogen and oxygen atoms in total. The Morgan fingerprint density at radius 1 is 1.16 bits per heavy atom. The van der Waals surface area contributed by atoms with Gasteiger partial charge >= 0.3 is 6.09 Å². The van der Waals surface area contributed by atoms with E-state index in [0.717, 1.165) is 45.6 Å². The number of piperidine rings is 1. The van der Waals surface area contributed by atoms with E-state index in [0.29, 0.717) is 12.6 Å². The Morgan fingerprint density at radius 3 is 2.58 bits per heavy atom. The van der Waals surface area contributed by atoms with Crippen LogP contribution in [0.1, 0.15) is 19.8 Å². The first-order valence-corrected chi connectivity index (χ1v) is 7.08. The van der Waals surface area contributed by atoms with Gasteiger partial charge in [0.2, 0.25) is 5.91 Å². The van der Waals surface area contributed by atoms with Gasteiger partial charge in [-0.2, -0.15) is 0 Å². The number of fused-ring (bicyclic) bond motifs is 1. The summed E-state index contributed by atoms with van der Waals surface area (Å²) in [5.74, 6) is 0.179. The Balaban J connectivity index is 1.54. The highest BCUT2D eigenvalue weighted by molar-refractivity contribution is 5.73. The second kappa shape index (κ2) is 5.00. The molecule has 1 atom stereocenters. The van der Waals surface area contributed by atoms with Crippen molar-refractivity contribution in [2.75, 3.05) is 39.3 Å². The number of carbonyl (C=O) groups is 2. The maximum atomic E-state index is 11.5. The van der Waals surface area contributed by atoms with Gasteiger partial charge in [0.1, 0.15) is 6.61 Å². The monoisotopic (exact) mass is 267 g/mol. The number of hydrogen-bond acceptors (Lipinski definition) is 4. The van der Waals surface area contributed by atoms with Crippen LogP contribution in [-0.2, 0) is 9.53 Å². The Labute approximate surface area is 113 Å². The molecule has 0 aromatic carbocycles. The Bertz CT molecular complexity index is 379. The highest BCUT2D eigenvalue weighted by Gasteiger charge is 2.39. The van der Waals surface area contributed by atoms with E-state index in [4.69, 9.17) is 4.74 Å². The van der Waals surface area contributed by atoms with E-state index >= 15 is 0 Å². The van der Waals surface area contributed by atoms with Gasteiger partial charge in [-0.3, -0.25) is 14.6 Å². The molecule has 3 rings (SSSR count). The van der Waals surface area contributed by atoms with Gasteiger partial charge in [0.05, 0.1) is 6.04 Å². The molecule has 2 amide bonds. The lowest BCUT2D eigenvalue weighted by Gasteiger charge is -2.43. The summed E-state index contributed by atoms with van der Waals surface area (Å²) in [6.07, 6.45) is 1.93. The number of piperazine rings is 1. The Kier molecular flexibility index (Phi) is 3.35. The van der Waals surface area contributed by atoms with Crippen LogP contribution >= 0.6 is 0 Å². The zero-order chi connectivity index (χ0) is 13.4. The number of amides is 2. The molecule has 0 spiro atoms. The second-order valence-corrected chi connectivity index (χ2v) is 5.66. The minimum Gasteiger partial charge on any atom is -0.447 e. The van der Waals surface area contributed by atoms with Gasteiger partial charge in [-0.15, -0.1) is 0 Å². The van der Waals surface area contributed by atoms with Crippen LogP contribution in [0.3, 0.4) is 0 Å². The summed E-state index contributed by atoms with van der Waals surface area (Å²) in [5.41, 5.74) is 0. The third-order valence-corrected chi connectivity index (χ3v) is 4.57. The molecule has 0 N–H and O–H groups in total. The largest absolute Gasteiger partial charge is 0.447 e. The van der Waals surface area contributed by atoms with Crippen molar-refractivity contribution in [2.24, 2.45) is 0 Å². The van der Waals surface area contributed by atoms with Crippen molar-refractivity contribution in [3.05, 3.63) is 0 Å². The van der Waals surface area contributed by atoms with Gasteiger partial charge in [-0.05, 0) is 12.8 Å². The summed E-state index contributed by atoms with van der Waals surface area (Å²) in [6, 6.07) is 0.778. The van der Waals surface area contributed by atoms with Gasteiger partial charge < -0.3 is 9.64 Å². The maximum absolute atomic E-state index is 11.5. The topological polar surface area (TPSA) is 53.1 Å². The molecule has 3 heterocycles. The molecule has 3 fully saturated rings. The van der Waals surface area contributed by atoms with Crippen molar-refractivity contribution in [3.8, 4) is 0 Å². The smallest absolute Gasteiger partial charge is 0.410 e. The number of carbonyl (C=O) groups excluding carboxylic acids is 2. The average molecular weight is 267 g/mol. The summed E-state index contributed by atoms with van der Waals surface area (Å²) in [4.78, 5) is 29.0. The van der Waals surface area contributed by atoms with E-state index in [1.807, 2.05) is 9.80 Å². The molecule has 3 aliphatic rings. The van der Waals surface area contributed by atoms with Gasteiger partial charge in [0, 0.05) is 45.7 Å². The van der Waals surface area contributed by atoms with Gasteiger partial charge in [-0.1, -0.05) is 0 Å². The van der Waals surface area contributed by atoms with Crippen molar-refractivity contribution >= 4 is 12.0 Å². The average Bonchev–Trinajstić information content (AvgIpc) is 2.80. The zero-order valence-electron chi connectivity index (χ0n) is 11.4. The molecular formula is C13H21N3O3. The molecule has 0 aromatic rings. The number of cyclic esters (lactones) is 1. The van der Waals surface area contributed by atoms with Crippen molar-refractivity contribution in [1.29, 1.82) is 0 Å². The summed E-state index contributed by atoms with van der Waals surface area (Å²) in [5, 5.41) is 0. The molecule has 0 unspecified atom stereocenters. The third kappa shape index (κ3) is 2.41. The molecule has 0 radical (unpaired) electrons. The predicted molar refractivity (Wildman–Crippen MR) is 68.7 cm³/mol. The van der Waals surface area contributed by atoms with Crippen LogP contribution in [-0.4, -0.2) is 78.1 Å². The predicted octanol–water partition coefficient (Wildman–Crippen LogP) is 0.134. The normalized spacial score (nSPS) is 29.3. The van der Waals surface area contributed by atoms with E-state index in [1.165, 1.54) is 0 Å². The van der Waals surface area contributed by atoms with E-state index in [-0.39, 0.29) is 18.0 Å². The molecule has 0 aromatic heterocycles. The van der Waals surface area contributed by atoms with E-state index in [2.05, 4.69) is 4.90 Å². The lowest BCUT2D eigenvalue weighted by Crippen LogP contribution is -2.57. The van der Waals surface area contributed by atoms with Crippen LogP contribution in [0.4, 0.5) is 4.79 Å². The zero-order valence-corrected chi connectivity index (χ0v) is 11.4. The number of likely N-dealkylation sites (tertiary alicyclic amines) is 1. The number of hydrogen-bond donors (Lipinski definition) is 0. The molecule has 6 heteroatoms. The number of nitrogens with zero attached hydrogens (tertiary/aromatic N) is 3. The molecule has 3 saturated heterocycles. The fraction of sp³-hybridized carbons (Fsp3) is 0.846. The summed E-state index contributed by atoms with van der Waals surface area (Å²) < 4.78 is 5.09. The Morgan fingerprint density at radius 2 is 1.89 bits per heavy atom. The molecular weight excluding hydrogens is 246 g/mol. The van der Waals surface area contributed by atoms with E-state index in [1.54, 1.807) is 6.92 Å². The highest BCUT2D eigenvalue weighted by Crippen LogP contribution is 2.23. The van der Waals surface area contributed by atoms with Crippen LogP contribution in [0.15, 0.2) is 0 Å². The standard InChI is InChI=1S/C13H21N3O3/c1-10(17)14-4-2-11(3-5-14)15-6-7-16-12(8-15)9-19-13(16)18/h11-12H,2-9H2,1H3/t12-/m0/s1. The molecule has 0 bridgehead atoms. The van der Waals surface area contributed by atoms with Gasteiger partial charge in [0.15, 0.2) is 0 Å². The minimum absolute atomic E-state index is 0.156. The molecule has 0 aliphatic carbocycles. The first-order chi connectivity index (χ1) is 9.15. The SMILES string of the molecule is CC(=O)N1CCC(N2CCN3C(=O)OC[C@@H]3C2)CC1. The minimum atomic E-state index is -0.156. The first kappa shape index (κ1) is 12.7. The van der Waals surface area contributed by atoms with Crippen molar-refractivity contribution in [2.45, 2.75) is 31.8 Å². The van der Waals surface area contributed by atoms with E-state index in [9.17, 15) is 9.59 Å².